The van der Waals surface area contributed by atoms with Crippen molar-refractivity contribution in [1.82, 2.24) is 4.90 Å². The summed E-state index contributed by atoms with van der Waals surface area (Å²) in [5.41, 5.74) is 2.35. The Morgan fingerprint density at radius 3 is 2.36 bits per heavy atom. The Kier molecular flexibility index (Phi) is 6.14. The van der Waals surface area contributed by atoms with Crippen molar-refractivity contribution in [3.8, 4) is 0 Å². The van der Waals surface area contributed by atoms with E-state index < -0.39 is 5.97 Å². The van der Waals surface area contributed by atoms with Gasteiger partial charge in [-0.05, 0) is 51.3 Å². The van der Waals surface area contributed by atoms with E-state index in [1.54, 1.807) is 30.9 Å². The summed E-state index contributed by atoms with van der Waals surface area (Å²) in [6, 6.07) is 7.16. The van der Waals surface area contributed by atoms with Gasteiger partial charge in [0.05, 0.1) is 17.0 Å². The number of nitrogens with zero attached hydrogens (tertiary/aromatic N) is 1. The summed E-state index contributed by atoms with van der Waals surface area (Å²) in [6.07, 6.45) is 1.97. The van der Waals surface area contributed by atoms with Gasteiger partial charge in [-0.25, -0.2) is 4.79 Å². The van der Waals surface area contributed by atoms with Gasteiger partial charge >= 0.3 is 5.97 Å². The van der Waals surface area contributed by atoms with E-state index in [1.165, 1.54) is 0 Å². The second kappa shape index (κ2) is 8.56. The van der Waals surface area contributed by atoms with E-state index in [-0.39, 0.29) is 24.0 Å². The third-order valence-corrected chi connectivity index (χ3v) is 5.95. The first-order valence-corrected chi connectivity index (χ1v) is 10.2. The van der Waals surface area contributed by atoms with Crippen molar-refractivity contribution in [2.75, 3.05) is 25.0 Å². The van der Waals surface area contributed by atoms with Crippen molar-refractivity contribution in [3.63, 3.8) is 0 Å². The van der Waals surface area contributed by atoms with Crippen LogP contribution in [0.1, 0.15) is 61.3 Å². The summed E-state index contributed by atoms with van der Waals surface area (Å²) >= 11 is 1.14. The number of nitrogens with one attached hydrogen (secondary N) is 1. The molecule has 0 aliphatic carbocycles. The van der Waals surface area contributed by atoms with Gasteiger partial charge in [0, 0.05) is 18.7 Å². The van der Waals surface area contributed by atoms with Crippen LogP contribution < -0.4 is 5.32 Å². The highest BCUT2D eigenvalue weighted by molar-refractivity contribution is 7.18. The quantitative estimate of drug-likeness (QED) is 0.769. The maximum Gasteiger partial charge on any atom is 0.341 e. The van der Waals surface area contributed by atoms with Gasteiger partial charge in [-0.15, -0.1) is 11.3 Å². The minimum Gasteiger partial charge on any atom is -0.462 e. The minimum atomic E-state index is -0.532. The van der Waals surface area contributed by atoms with Crippen LogP contribution in [-0.2, 0) is 4.74 Å². The first-order valence-electron chi connectivity index (χ1n) is 9.40. The number of esters is 1. The van der Waals surface area contributed by atoms with Crippen LogP contribution in [0.5, 0.6) is 0 Å². The van der Waals surface area contributed by atoms with Crippen LogP contribution in [0, 0.1) is 13.8 Å². The summed E-state index contributed by atoms with van der Waals surface area (Å²) < 4.78 is 5.16. The zero-order valence-corrected chi connectivity index (χ0v) is 17.1. The molecule has 1 aliphatic rings. The summed E-state index contributed by atoms with van der Waals surface area (Å²) in [7, 11) is 0. The molecule has 1 aliphatic heterocycles. The number of amides is 2. The van der Waals surface area contributed by atoms with Gasteiger partial charge in [0.1, 0.15) is 5.00 Å². The van der Waals surface area contributed by atoms with Crippen molar-refractivity contribution < 1.29 is 19.1 Å². The molecule has 0 bridgehead atoms. The maximum atomic E-state index is 12.9. The SMILES string of the molecule is CCOC(=O)c1c(NC(=O)c2ccc(C)cc2)sc(C(=O)N2CCCC2)c1C. The van der Waals surface area contributed by atoms with Crippen LogP contribution in [0.25, 0.3) is 0 Å². The van der Waals surface area contributed by atoms with Crippen LogP contribution in [0.15, 0.2) is 24.3 Å². The Labute approximate surface area is 168 Å². The van der Waals surface area contributed by atoms with Gasteiger partial charge in [-0.2, -0.15) is 0 Å². The lowest BCUT2D eigenvalue weighted by Gasteiger charge is -2.14. The Bertz CT molecular complexity index is 896. The van der Waals surface area contributed by atoms with Crippen LogP contribution in [-0.4, -0.2) is 42.4 Å². The van der Waals surface area contributed by atoms with Crippen molar-refractivity contribution in [2.45, 2.75) is 33.6 Å². The van der Waals surface area contributed by atoms with Crippen molar-refractivity contribution in [1.29, 1.82) is 0 Å². The molecule has 0 saturated carbocycles. The highest BCUT2D eigenvalue weighted by Crippen LogP contribution is 2.35. The number of carbonyl (C=O) groups is 3. The number of rotatable bonds is 5. The number of hydrogen-bond acceptors (Lipinski definition) is 5. The van der Waals surface area contributed by atoms with E-state index in [2.05, 4.69) is 5.32 Å². The number of thiophene rings is 1. The molecule has 2 amide bonds. The largest absolute Gasteiger partial charge is 0.462 e. The van der Waals surface area contributed by atoms with Crippen molar-refractivity contribution in [2.24, 2.45) is 0 Å². The van der Waals surface area contributed by atoms with Gasteiger partial charge in [0.15, 0.2) is 0 Å². The molecule has 3 rings (SSSR count). The third-order valence-electron chi connectivity index (χ3n) is 4.75. The lowest BCUT2D eigenvalue weighted by Crippen LogP contribution is -2.27. The first kappa shape index (κ1) is 20.1. The lowest BCUT2D eigenvalue weighted by atomic mass is 10.1. The highest BCUT2D eigenvalue weighted by Gasteiger charge is 2.30. The van der Waals surface area contributed by atoms with Crippen molar-refractivity contribution in [3.05, 3.63) is 51.4 Å². The maximum absolute atomic E-state index is 12.9. The van der Waals surface area contributed by atoms with E-state index >= 15 is 0 Å². The second-order valence-corrected chi connectivity index (χ2v) is 7.82. The minimum absolute atomic E-state index is 0.0959. The summed E-state index contributed by atoms with van der Waals surface area (Å²) in [5, 5.41) is 3.15. The first-order chi connectivity index (χ1) is 13.4. The molecule has 1 saturated heterocycles. The van der Waals surface area contributed by atoms with Gasteiger partial charge in [-0.1, -0.05) is 17.7 Å². The zero-order chi connectivity index (χ0) is 20.3. The van der Waals surface area contributed by atoms with Crippen LogP contribution in [0.2, 0.25) is 0 Å². The van der Waals surface area contributed by atoms with Gasteiger partial charge < -0.3 is 15.0 Å². The molecule has 0 radical (unpaired) electrons. The molecule has 1 N–H and O–H groups in total. The monoisotopic (exact) mass is 400 g/mol. The van der Waals surface area contributed by atoms with E-state index in [0.717, 1.165) is 42.8 Å². The molecule has 0 spiro atoms. The predicted molar refractivity (Wildman–Crippen MR) is 109 cm³/mol. The number of carbonyl (C=O) groups excluding carboxylic acids is 3. The number of hydrogen-bond donors (Lipinski definition) is 1. The van der Waals surface area contributed by atoms with Crippen molar-refractivity contribution >= 4 is 34.1 Å². The average Bonchev–Trinajstić information content (AvgIpc) is 3.30. The van der Waals surface area contributed by atoms with Crippen LogP contribution in [0.4, 0.5) is 5.00 Å². The fraction of sp³-hybridized carbons (Fsp3) is 0.381. The molecular weight excluding hydrogens is 376 g/mol. The molecule has 1 aromatic carbocycles. The molecule has 1 aromatic heterocycles. The second-order valence-electron chi connectivity index (χ2n) is 6.80. The fourth-order valence-corrected chi connectivity index (χ4v) is 4.36. The lowest BCUT2D eigenvalue weighted by molar-refractivity contribution is 0.0527. The van der Waals surface area contributed by atoms with E-state index in [9.17, 15) is 14.4 Å². The van der Waals surface area contributed by atoms with E-state index in [0.29, 0.717) is 21.0 Å². The van der Waals surface area contributed by atoms with Crippen LogP contribution in [0.3, 0.4) is 0 Å². The number of benzene rings is 1. The fourth-order valence-electron chi connectivity index (χ4n) is 3.20. The van der Waals surface area contributed by atoms with Gasteiger partial charge in [0.25, 0.3) is 11.8 Å². The molecule has 0 atom stereocenters. The molecule has 148 valence electrons. The number of likely N-dealkylation sites (tertiary alicyclic amines) is 1. The molecule has 28 heavy (non-hydrogen) atoms. The number of ether oxygens (including phenoxy) is 1. The van der Waals surface area contributed by atoms with Crippen LogP contribution >= 0.6 is 11.3 Å². The Morgan fingerprint density at radius 2 is 1.75 bits per heavy atom. The van der Waals surface area contributed by atoms with Gasteiger partial charge in [0.2, 0.25) is 0 Å². The summed E-state index contributed by atoms with van der Waals surface area (Å²) in [5.74, 6) is -0.954. The zero-order valence-electron chi connectivity index (χ0n) is 16.3. The summed E-state index contributed by atoms with van der Waals surface area (Å²) in [4.78, 5) is 40.3. The van der Waals surface area contributed by atoms with Gasteiger partial charge in [-0.3, -0.25) is 9.59 Å². The molecule has 0 unspecified atom stereocenters. The third kappa shape index (κ3) is 4.09. The molecule has 1 fully saturated rings. The molecule has 2 aromatic rings. The molecular formula is C21H24N2O4S. The molecule has 7 heteroatoms. The topological polar surface area (TPSA) is 75.7 Å². The molecule has 2 heterocycles. The average molecular weight is 401 g/mol. The highest BCUT2D eigenvalue weighted by atomic mass is 32.1. The Hall–Kier alpha value is -2.67. The number of aryl methyl sites for hydroxylation is 1. The Morgan fingerprint density at radius 1 is 1.11 bits per heavy atom. The Balaban J connectivity index is 1.94. The normalized spacial score (nSPS) is 13.5. The standard InChI is InChI=1S/C21H24N2O4S/c1-4-27-21(26)16-14(3)17(20(25)23-11-5-6-12-23)28-19(16)22-18(24)15-9-7-13(2)8-10-15/h7-10H,4-6,11-12H2,1-3H3,(H,22,24). The van der Waals surface area contributed by atoms with E-state index in [4.69, 9.17) is 4.74 Å². The predicted octanol–water partition coefficient (Wildman–Crippen LogP) is 4.03. The number of anilines is 1. The van der Waals surface area contributed by atoms with E-state index in [1.807, 2.05) is 19.1 Å². The smallest absolute Gasteiger partial charge is 0.341 e. The molecule has 6 nitrogen and oxygen atoms in total. The summed E-state index contributed by atoms with van der Waals surface area (Å²) in [6.45, 7) is 7.05.